The molecule has 15 heavy (non-hydrogen) atoms. The Morgan fingerprint density at radius 2 is 2.27 bits per heavy atom. The van der Waals surface area contributed by atoms with E-state index in [1.54, 1.807) is 6.20 Å². The quantitative estimate of drug-likeness (QED) is 0.883. The molecule has 1 aromatic rings. The first-order chi connectivity index (χ1) is 7.04. The zero-order valence-electron chi connectivity index (χ0n) is 9.16. The number of aliphatic hydroxyl groups is 1. The minimum atomic E-state index is -0.368. The SMILES string of the molecule is CCC(O)C(C)Nc1nc(C)ncc1Br. The van der Waals surface area contributed by atoms with Crippen molar-refractivity contribution in [1.29, 1.82) is 0 Å². The molecule has 4 nitrogen and oxygen atoms in total. The molecule has 0 aliphatic heterocycles. The first-order valence-electron chi connectivity index (χ1n) is 4.98. The monoisotopic (exact) mass is 273 g/mol. The lowest BCUT2D eigenvalue weighted by molar-refractivity contribution is 0.153. The molecule has 2 unspecified atom stereocenters. The highest BCUT2D eigenvalue weighted by Crippen LogP contribution is 2.19. The lowest BCUT2D eigenvalue weighted by Crippen LogP contribution is -2.30. The van der Waals surface area contributed by atoms with E-state index in [1.807, 2.05) is 20.8 Å². The van der Waals surface area contributed by atoms with Crippen molar-refractivity contribution >= 4 is 21.7 Å². The van der Waals surface area contributed by atoms with Crippen LogP contribution in [-0.4, -0.2) is 27.2 Å². The summed E-state index contributed by atoms with van der Waals surface area (Å²) in [6.07, 6.45) is 2.05. The van der Waals surface area contributed by atoms with Crippen LogP contribution in [0.2, 0.25) is 0 Å². The third-order valence-electron chi connectivity index (χ3n) is 2.22. The van der Waals surface area contributed by atoms with E-state index in [9.17, 15) is 5.11 Å². The van der Waals surface area contributed by atoms with E-state index < -0.39 is 0 Å². The molecule has 0 bridgehead atoms. The molecule has 0 spiro atoms. The number of aliphatic hydroxyl groups excluding tert-OH is 1. The molecule has 0 saturated heterocycles. The third-order valence-corrected chi connectivity index (χ3v) is 2.80. The zero-order chi connectivity index (χ0) is 11.4. The van der Waals surface area contributed by atoms with E-state index in [0.717, 1.165) is 16.7 Å². The molecule has 1 heterocycles. The van der Waals surface area contributed by atoms with Crippen molar-refractivity contribution in [3.63, 3.8) is 0 Å². The number of rotatable bonds is 4. The second kappa shape index (κ2) is 5.42. The van der Waals surface area contributed by atoms with Gasteiger partial charge in [0.05, 0.1) is 16.6 Å². The summed E-state index contributed by atoms with van der Waals surface area (Å²) in [7, 11) is 0. The molecule has 5 heteroatoms. The summed E-state index contributed by atoms with van der Waals surface area (Å²) in [5, 5.41) is 12.8. The van der Waals surface area contributed by atoms with Crippen LogP contribution in [-0.2, 0) is 0 Å². The number of aryl methyl sites for hydroxylation is 1. The Morgan fingerprint density at radius 3 is 2.87 bits per heavy atom. The zero-order valence-corrected chi connectivity index (χ0v) is 10.7. The first kappa shape index (κ1) is 12.4. The number of hydrogen-bond donors (Lipinski definition) is 2. The topological polar surface area (TPSA) is 58.0 Å². The molecule has 1 rings (SSSR count). The second-order valence-corrected chi connectivity index (χ2v) is 4.38. The van der Waals surface area contributed by atoms with Crippen LogP contribution in [0, 0.1) is 6.92 Å². The Morgan fingerprint density at radius 1 is 1.60 bits per heavy atom. The van der Waals surface area contributed by atoms with Gasteiger partial charge in [0, 0.05) is 6.20 Å². The van der Waals surface area contributed by atoms with E-state index >= 15 is 0 Å². The molecule has 84 valence electrons. The van der Waals surface area contributed by atoms with Gasteiger partial charge in [0.15, 0.2) is 0 Å². The molecule has 0 aromatic carbocycles. The van der Waals surface area contributed by atoms with Crippen LogP contribution in [0.3, 0.4) is 0 Å². The highest BCUT2D eigenvalue weighted by molar-refractivity contribution is 9.10. The van der Waals surface area contributed by atoms with Crippen LogP contribution in [0.25, 0.3) is 0 Å². The number of nitrogens with one attached hydrogen (secondary N) is 1. The van der Waals surface area contributed by atoms with Crippen LogP contribution >= 0.6 is 15.9 Å². The predicted molar refractivity (Wildman–Crippen MR) is 63.9 cm³/mol. The number of anilines is 1. The van der Waals surface area contributed by atoms with Gasteiger partial charge < -0.3 is 10.4 Å². The molecule has 0 amide bonds. The van der Waals surface area contributed by atoms with Gasteiger partial charge in [-0.3, -0.25) is 0 Å². The second-order valence-electron chi connectivity index (χ2n) is 3.52. The largest absolute Gasteiger partial charge is 0.391 e. The smallest absolute Gasteiger partial charge is 0.144 e. The van der Waals surface area contributed by atoms with Crippen molar-refractivity contribution in [2.45, 2.75) is 39.3 Å². The summed E-state index contributed by atoms with van der Waals surface area (Å²) in [5.74, 6) is 1.43. The van der Waals surface area contributed by atoms with Crippen molar-refractivity contribution < 1.29 is 5.11 Å². The van der Waals surface area contributed by atoms with Gasteiger partial charge in [-0.15, -0.1) is 0 Å². The highest BCUT2D eigenvalue weighted by Gasteiger charge is 2.13. The summed E-state index contributed by atoms with van der Waals surface area (Å²) in [4.78, 5) is 8.30. The molecule has 2 N–H and O–H groups in total. The third kappa shape index (κ3) is 3.43. The van der Waals surface area contributed by atoms with Crippen LogP contribution in [0.5, 0.6) is 0 Å². The lowest BCUT2D eigenvalue weighted by atomic mass is 10.1. The number of aromatic nitrogens is 2. The molecular weight excluding hydrogens is 258 g/mol. The molecule has 2 atom stereocenters. The van der Waals surface area contributed by atoms with E-state index in [2.05, 4.69) is 31.2 Å². The average molecular weight is 274 g/mol. The van der Waals surface area contributed by atoms with Gasteiger partial charge in [-0.25, -0.2) is 9.97 Å². The number of nitrogens with zero attached hydrogens (tertiary/aromatic N) is 2. The van der Waals surface area contributed by atoms with Crippen LogP contribution in [0.15, 0.2) is 10.7 Å². The maximum Gasteiger partial charge on any atom is 0.144 e. The molecule has 0 aliphatic rings. The molecular formula is C10H16BrN3O. The summed E-state index contributed by atoms with van der Waals surface area (Å²) < 4.78 is 0.809. The van der Waals surface area contributed by atoms with E-state index in [4.69, 9.17) is 0 Å². The van der Waals surface area contributed by atoms with E-state index in [-0.39, 0.29) is 12.1 Å². The normalized spacial score (nSPS) is 14.7. The van der Waals surface area contributed by atoms with E-state index in [0.29, 0.717) is 5.82 Å². The maximum atomic E-state index is 9.63. The average Bonchev–Trinajstić information content (AvgIpc) is 2.22. The van der Waals surface area contributed by atoms with Gasteiger partial charge in [-0.05, 0) is 36.2 Å². The fourth-order valence-electron chi connectivity index (χ4n) is 1.22. The van der Waals surface area contributed by atoms with Crippen molar-refractivity contribution in [2.75, 3.05) is 5.32 Å². The Kier molecular flexibility index (Phi) is 4.47. The van der Waals surface area contributed by atoms with Gasteiger partial charge >= 0.3 is 0 Å². The fraction of sp³-hybridized carbons (Fsp3) is 0.600. The Bertz CT molecular complexity index is 332. The minimum Gasteiger partial charge on any atom is -0.391 e. The van der Waals surface area contributed by atoms with Gasteiger partial charge in [0.1, 0.15) is 11.6 Å². The summed E-state index contributed by atoms with van der Waals surface area (Å²) in [5.41, 5.74) is 0. The number of halogens is 1. The fourth-order valence-corrected chi connectivity index (χ4v) is 1.53. The molecule has 0 radical (unpaired) electrons. The Labute approximate surface area is 98.3 Å². The standard InChI is InChI=1S/C10H16BrN3O/c1-4-9(15)6(2)13-10-8(11)5-12-7(3)14-10/h5-6,9,15H,4H2,1-3H3,(H,12,13,14). The molecule has 0 fully saturated rings. The maximum absolute atomic E-state index is 9.63. The highest BCUT2D eigenvalue weighted by atomic mass is 79.9. The van der Waals surface area contributed by atoms with Crippen molar-refractivity contribution in [2.24, 2.45) is 0 Å². The molecule has 1 aromatic heterocycles. The lowest BCUT2D eigenvalue weighted by Gasteiger charge is -2.20. The summed E-state index contributed by atoms with van der Waals surface area (Å²) in [6, 6.07) is -0.0272. The van der Waals surface area contributed by atoms with Crippen LogP contribution in [0.1, 0.15) is 26.1 Å². The molecule has 0 aliphatic carbocycles. The first-order valence-corrected chi connectivity index (χ1v) is 5.77. The van der Waals surface area contributed by atoms with Crippen LogP contribution in [0.4, 0.5) is 5.82 Å². The van der Waals surface area contributed by atoms with Crippen molar-refractivity contribution in [1.82, 2.24) is 9.97 Å². The van der Waals surface area contributed by atoms with Crippen molar-refractivity contribution in [3.8, 4) is 0 Å². The van der Waals surface area contributed by atoms with Gasteiger partial charge in [0.2, 0.25) is 0 Å². The van der Waals surface area contributed by atoms with Gasteiger partial charge in [-0.2, -0.15) is 0 Å². The summed E-state index contributed by atoms with van der Waals surface area (Å²) in [6.45, 7) is 5.71. The number of hydrogen-bond acceptors (Lipinski definition) is 4. The summed E-state index contributed by atoms with van der Waals surface area (Å²) >= 11 is 3.36. The Balaban J connectivity index is 2.75. The van der Waals surface area contributed by atoms with Gasteiger partial charge in [-0.1, -0.05) is 6.92 Å². The molecule has 0 saturated carbocycles. The van der Waals surface area contributed by atoms with E-state index in [1.165, 1.54) is 0 Å². The Hall–Kier alpha value is -0.680. The van der Waals surface area contributed by atoms with Gasteiger partial charge in [0.25, 0.3) is 0 Å². The van der Waals surface area contributed by atoms with Crippen molar-refractivity contribution in [3.05, 3.63) is 16.5 Å². The minimum absolute atomic E-state index is 0.0272. The predicted octanol–water partition coefficient (Wildman–Crippen LogP) is 2.12. The van der Waals surface area contributed by atoms with Crippen LogP contribution < -0.4 is 5.32 Å².